The molecule has 4 N–H and O–H groups in total. The molecule has 0 saturated heterocycles. The number of benzene rings is 3. The minimum Gasteiger partial charge on any atom is -0.478 e. The van der Waals surface area contributed by atoms with Gasteiger partial charge in [-0.05, 0) is 60.2 Å². The molecule has 1 unspecified atom stereocenters. The van der Waals surface area contributed by atoms with E-state index in [0.29, 0.717) is 36.6 Å². The van der Waals surface area contributed by atoms with E-state index in [1.807, 2.05) is 72.8 Å². The van der Waals surface area contributed by atoms with E-state index in [9.17, 15) is 19.5 Å². The molecule has 0 aliphatic carbocycles. The summed E-state index contributed by atoms with van der Waals surface area (Å²) in [6.07, 6.45) is 1.42. The fraction of sp³-hybridized carbons (Fsp3) is 0.184. The Morgan fingerprint density at radius 3 is 2.26 bits per heavy atom. The van der Waals surface area contributed by atoms with Crippen LogP contribution < -0.4 is 15.4 Å². The Hall–Kier alpha value is -6.00. The number of nitrogens with zero attached hydrogens (tertiary/aromatic N) is 4. The first-order valence-electron chi connectivity index (χ1n) is 16.5. The van der Waals surface area contributed by atoms with Crippen LogP contribution in [0.5, 0.6) is 5.88 Å². The van der Waals surface area contributed by atoms with E-state index in [1.54, 1.807) is 24.3 Å². The highest BCUT2D eigenvalue weighted by Crippen LogP contribution is 2.29. The van der Waals surface area contributed by atoms with Crippen molar-refractivity contribution in [1.29, 1.82) is 0 Å². The number of carboxylic acid groups (broad SMARTS) is 1. The van der Waals surface area contributed by atoms with Gasteiger partial charge in [-0.2, -0.15) is 5.11 Å². The number of ether oxygens (including phenoxy) is 1. The van der Waals surface area contributed by atoms with Gasteiger partial charge >= 0.3 is 5.97 Å². The molecule has 53 heavy (non-hydrogen) atoms. The minimum atomic E-state index is -1.64. The first-order chi connectivity index (χ1) is 25.9. The zero-order valence-electron chi connectivity index (χ0n) is 28.3. The second-order valence-electron chi connectivity index (χ2n) is 11.4. The molecular weight excluding hydrogens is 701 g/mol. The van der Waals surface area contributed by atoms with Crippen LogP contribution in [-0.4, -0.2) is 50.9 Å². The Morgan fingerprint density at radius 1 is 0.811 bits per heavy atom. The highest BCUT2D eigenvalue weighted by atomic mass is 32.2. The van der Waals surface area contributed by atoms with E-state index < -0.39 is 23.9 Å². The maximum Gasteiger partial charge on any atom is 0.347 e. The number of carbonyl (C=O) groups is 3. The second-order valence-corrected chi connectivity index (χ2v) is 12.2. The largest absolute Gasteiger partial charge is 0.478 e. The molecular formula is C38H36N6O8S. The number of pyridine rings is 2. The number of amides is 2. The van der Waals surface area contributed by atoms with Crippen molar-refractivity contribution in [2.75, 3.05) is 6.61 Å². The van der Waals surface area contributed by atoms with Gasteiger partial charge in [-0.3, -0.25) is 9.59 Å². The van der Waals surface area contributed by atoms with Crippen molar-refractivity contribution < 1.29 is 38.9 Å². The zero-order chi connectivity index (χ0) is 37.3. The van der Waals surface area contributed by atoms with Gasteiger partial charge in [0.2, 0.25) is 18.0 Å². The SMILES string of the molecule is O=C(CCCCCOc1cc(-c2ccccc2)cc(-c2ccccc2)n1)NC(NC(=O)c1ccc(N=NCc2ccccc2SOOO)nc1)C(=O)O. The van der Waals surface area contributed by atoms with Gasteiger partial charge in [0.1, 0.15) is 0 Å². The van der Waals surface area contributed by atoms with E-state index in [-0.39, 0.29) is 24.3 Å². The Kier molecular flexibility index (Phi) is 14.5. The number of carboxylic acids is 1. The molecule has 5 aromatic rings. The average molecular weight is 737 g/mol. The number of nitrogens with one attached hydrogen (secondary N) is 2. The maximum absolute atomic E-state index is 12.7. The van der Waals surface area contributed by atoms with E-state index >= 15 is 0 Å². The summed E-state index contributed by atoms with van der Waals surface area (Å²) in [5, 5.41) is 34.4. The molecule has 0 aliphatic heterocycles. The van der Waals surface area contributed by atoms with Crippen molar-refractivity contribution >= 4 is 35.6 Å². The van der Waals surface area contributed by atoms with Gasteiger partial charge < -0.3 is 20.5 Å². The zero-order valence-corrected chi connectivity index (χ0v) is 29.1. The third-order valence-corrected chi connectivity index (χ3v) is 8.36. The highest BCUT2D eigenvalue weighted by molar-refractivity contribution is 7.94. The number of hydrogen-bond donors (Lipinski definition) is 4. The van der Waals surface area contributed by atoms with Crippen LogP contribution in [0, 0.1) is 0 Å². The van der Waals surface area contributed by atoms with Crippen molar-refractivity contribution in [1.82, 2.24) is 20.6 Å². The first-order valence-corrected chi connectivity index (χ1v) is 17.3. The van der Waals surface area contributed by atoms with Gasteiger partial charge in [0.15, 0.2) is 5.82 Å². The predicted molar refractivity (Wildman–Crippen MR) is 196 cm³/mol. The maximum atomic E-state index is 12.7. The van der Waals surface area contributed by atoms with Crippen LogP contribution in [0.3, 0.4) is 0 Å². The van der Waals surface area contributed by atoms with Gasteiger partial charge in [-0.1, -0.05) is 83.9 Å². The Bertz CT molecular complexity index is 1930. The lowest BCUT2D eigenvalue weighted by Crippen LogP contribution is -2.52. The first kappa shape index (κ1) is 38.2. The molecule has 2 aromatic heterocycles. The van der Waals surface area contributed by atoms with Crippen molar-refractivity contribution in [2.45, 2.75) is 43.3 Å². The monoisotopic (exact) mass is 736 g/mol. The molecule has 15 heteroatoms. The summed E-state index contributed by atoms with van der Waals surface area (Å²) < 4.78 is 10.5. The topological polar surface area (TPSA) is 194 Å². The Morgan fingerprint density at radius 2 is 1.55 bits per heavy atom. The van der Waals surface area contributed by atoms with Crippen molar-refractivity contribution in [2.24, 2.45) is 10.2 Å². The number of aromatic nitrogens is 2. The lowest BCUT2D eigenvalue weighted by atomic mass is 10.0. The lowest BCUT2D eigenvalue weighted by molar-refractivity contribution is -0.432. The van der Waals surface area contributed by atoms with Crippen molar-refractivity contribution in [3.05, 3.63) is 127 Å². The number of azo groups is 1. The molecule has 0 radical (unpaired) electrons. The standard InChI is InChI=1S/C38H36N6O8S/c45-34(18-8-3-11-21-50-35-23-30(26-12-4-1-5-13-26)22-31(41-35)27-14-6-2-7-15-27)42-36(38(47)48)43-37(46)29-19-20-33(39-24-29)44-40-25-28-16-9-10-17-32(28)53-52-51-49/h1-2,4-7,9-10,12-17,19-20,22-24,36,49H,3,8,11,18,21,25H2,(H,42,45)(H,43,46)(H,47,48). The van der Waals surface area contributed by atoms with Crippen LogP contribution in [0.15, 0.2) is 131 Å². The summed E-state index contributed by atoms with van der Waals surface area (Å²) in [5.41, 5.74) is 4.62. The summed E-state index contributed by atoms with van der Waals surface area (Å²) in [7, 11) is 0. The second kappa shape index (κ2) is 20.1. The van der Waals surface area contributed by atoms with E-state index in [0.717, 1.165) is 40.0 Å². The van der Waals surface area contributed by atoms with Crippen LogP contribution in [0.2, 0.25) is 0 Å². The molecule has 14 nitrogen and oxygen atoms in total. The van der Waals surface area contributed by atoms with Gasteiger partial charge in [0.05, 0.1) is 36.5 Å². The Balaban J connectivity index is 1.05. The van der Waals surface area contributed by atoms with E-state index in [2.05, 4.69) is 35.2 Å². The molecule has 0 spiro atoms. The summed E-state index contributed by atoms with van der Waals surface area (Å²) in [6.45, 7) is 0.555. The molecule has 0 fully saturated rings. The highest BCUT2D eigenvalue weighted by Gasteiger charge is 2.23. The van der Waals surface area contributed by atoms with E-state index in [4.69, 9.17) is 15.0 Å². The number of carbonyl (C=O) groups excluding carboxylic acids is 2. The lowest BCUT2D eigenvalue weighted by Gasteiger charge is -2.16. The van der Waals surface area contributed by atoms with Crippen LogP contribution in [0.4, 0.5) is 5.82 Å². The Labute approximate surface area is 309 Å². The van der Waals surface area contributed by atoms with Gasteiger partial charge in [-0.15, -0.1) is 9.45 Å². The number of unbranched alkanes of at least 4 members (excludes halogenated alkanes) is 2. The van der Waals surface area contributed by atoms with Crippen LogP contribution >= 0.6 is 12.0 Å². The number of aliphatic carboxylic acids is 1. The van der Waals surface area contributed by atoms with Crippen LogP contribution in [-0.2, 0) is 25.5 Å². The molecule has 5 rings (SSSR count). The van der Waals surface area contributed by atoms with Gasteiger partial charge in [0, 0.05) is 29.1 Å². The molecule has 3 aromatic carbocycles. The summed E-state index contributed by atoms with van der Waals surface area (Å²) in [5.74, 6) is -1.98. The average Bonchev–Trinajstić information content (AvgIpc) is 3.19. The smallest absolute Gasteiger partial charge is 0.347 e. The molecule has 2 heterocycles. The molecule has 0 aliphatic rings. The van der Waals surface area contributed by atoms with Crippen molar-refractivity contribution in [3.63, 3.8) is 0 Å². The summed E-state index contributed by atoms with van der Waals surface area (Å²) in [6, 6.07) is 33.8. The number of hydrogen-bond acceptors (Lipinski definition) is 12. The predicted octanol–water partition coefficient (Wildman–Crippen LogP) is 7.42. The fourth-order valence-electron chi connectivity index (χ4n) is 5.01. The molecule has 2 amide bonds. The summed E-state index contributed by atoms with van der Waals surface area (Å²) in [4.78, 5) is 46.6. The van der Waals surface area contributed by atoms with Crippen molar-refractivity contribution in [3.8, 4) is 28.3 Å². The minimum absolute atomic E-state index is 0.0617. The van der Waals surface area contributed by atoms with Crippen LogP contribution in [0.1, 0.15) is 41.6 Å². The van der Waals surface area contributed by atoms with Gasteiger partial charge in [-0.25, -0.2) is 20.0 Å². The quantitative estimate of drug-likeness (QED) is 0.0165. The van der Waals surface area contributed by atoms with E-state index in [1.165, 1.54) is 18.3 Å². The fourth-order valence-corrected chi connectivity index (χ4v) is 5.49. The molecule has 0 saturated carbocycles. The third kappa shape index (κ3) is 12.0. The normalized spacial score (nSPS) is 11.6. The van der Waals surface area contributed by atoms with Crippen LogP contribution in [0.25, 0.3) is 22.4 Å². The third-order valence-electron chi connectivity index (χ3n) is 7.66. The van der Waals surface area contributed by atoms with Gasteiger partial charge in [0.25, 0.3) is 5.91 Å². The molecule has 1 atom stereocenters. The molecule has 272 valence electrons. The molecule has 0 bridgehead atoms. The number of rotatable bonds is 19. The summed E-state index contributed by atoms with van der Waals surface area (Å²) >= 11 is 0.805.